The number of carbonyl (C=O) groups is 1. The molecule has 1 heterocycles. The zero-order valence-electron chi connectivity index (χ0n) is 10.7. The number of amides is 1. The van der Waals surface area contributed by atoms with Crippen molar-refractivity contribution in [2.45, 2.75) is 56.3 Å². The minimum absolute atomic E-state index is 0.0707. The van der Waals surface area contributed by atoms with Gasteiger partial charge in [-0.3, -0.25) is 0 Å². The van der Waals surface area contributed by atoms with E-state index in [4.69, 9.17) is 4.74 Å². The van der Waals surface area contributed by atoms with E-state index in [1.165, 1.54) is 19.3 Å². The molecule has 1 aliphatic heterocycles. The lowest BCUT2D eigenvalue weighted by Crippen LogP contribution is -2.34. The Labute approximate surface area is 108 Å². The van der Waals surface area contributed by atoms with Crippen LogP contribution in [-0.4, -0.2) is 41.7 Å². The monoisotopic (exact) mass is 257 g/mol. The van der Waals surface area contributed by atoms with Gasteiger partial charge in [-0.1, -0.05) is 0 Å². The molecule has 0 aromatic rings. The Kier molecular flexibility index (Phi) is 5.01. The summed E-state index contributed by atoms with van der Waals surface area (Å²) in [4.78, 5) is 13.9. The van der Waals surface area contributed by atoms with Crippen molar-refractivity contribution in [3.63, 3.8) is 0 Å². The minimum atomic E-state index is -0.0707. The van der Waals surface area contributed by atoms with Crippen LogP contribution in [0.1, 0.15) is 44.9 Å². The van der Waals surface area contributed by atoms with E-state index in [0.717, 1.165) is 44.0 Å². The van der Waals surface area contributed by atoms with Gasteiger partial charge >= 0.3 is 6.09 Å². The normalized spacial score (nSPS) is 26.9. The molecule has 0 aromatic carbocycles. The van der Waals surface area contributed by atoms with Crippen molar-refractivity contribution in [3.8, 4) is 0 Å². The smallest absolute Gasteiger partial charge is 0.410 e. The van der Waals surface area contributed by atoms with E-state index < -0.39 is 0 Å². The van der Waals surface area contributed by atoms with Crippen LogP contribution in [0.5, 0.6) is 0 Å². The van der Waals surface area contributed by atoms with E-state index in [1.807, 2.05) is 16.7 Å². The highest BCUT2D eigenvalue weighted by molar-refractivity contribution is 7.99. The van der Waals surface area contributed by atoms with Gasteiger partial charge in [0.1, 0.15) is 6.10 Å². The highest BCUT2D eigenvalue weighted by Crippen LogP contribution is 2.24. The van der Waals surface area contributed by atoms with Crippen molar-refractivity contribution >= 4 is 17.9 Å². The second-order valence-corrected chi connectivity index (χ2v) is 6.20. The van der Waals surface area contributed by atoms with Gasteiger partial charge in [0, 0.05) is 18.3 Å². The van der Waals surface area contributed by atoms with Gasteiger partial charge in [-0.15, -0.1) is 0 Å². The first-order valence-electron chi connectivity index (χ1n) is 6.78. The Hall–Kier alpha value is -0.380. The highest BCUT2D eigenvalue weighted by atomic mass is 32.2. The van der Waals surface area contributed by atoms with Gasteiger partial charge in [-0.2, -0.15) is 11.8 Å². The Morgan fingerprint density at radius 1 is 1.12 bits per heavy atom. The van der Waals surface area contributed by atoms with E-state index in [2.05, 4.69) is 6.26 Å². The first-order chi connectivity index (χ1) is 8.29. The summed E-state index contributed by atoms with van der Waals surface area (Å²) in [6.45, 7) is 1.75. The SMILES string of the molecule is CSC1CCCN(C(=O)OC2CCCC2)CC1. The number of likely N-dealkylation sites (tertiary alicyclic amines) is 1. The van der Waals surface area contributed by atoms with Gasteiger partial charge < -0.3 is 9.64 Å². The Morgan fingerprint density at radius 3 is 2.59 bits per heavy atom. The maximum Gasteiger partial charge on any atom is 0.410 e. The maximum atomic E-state index is 12.0. The van der Waals surface area contributed by atoms with Crippen molar-refractivity contribution in [2.24, 2.45) is 0 Å². The summed E-state index contributed by atoms with van der Waals surface area (Å²) >= 11 is 1.93. The van der Waals surface area contributed by atoms with Crippen molar-refractivity contribution in [2.75, 3.05) is 19.3 Å². The van der Waals surface area contributed by atoms with Crippen LogP contribution in [0, 0.1) is 0 Å². The van der Waals surface area contributed by atoms with Gasteiger partial charge in [0.05, 0.1) is 0 Å². The number of carbonyl (C=O) groups excluding carboxylic acids is 1. The van der Waals surface area contributed by atoms with E-state index >= 15 is 0 Å². The van der Waals surface area contributed by atoms with E-state index in [-0.39, 0.29) is 12.2 Å². The Balaban J connectivity index is 1.78. The molecule has 0 radical (unpaired) electrons. The molecule has 1 saturated carbocycles. The highest BCUT2D eigenvalue weighted by Gasteiger charge is 2.25. The molecule has 4 heteroatoms. The molecule has 0 N–H and O–H groups in total. The summed E-state index contributed by atoms with van der Waals surface area (Å²) in [7, 11) is 0. The van der Waals surface area contributed by atoms with Gasteiger partial charge in [-0.25, -0.2) is 4.79 Å². The molecule has 1 saturated heterocycles. The molecule has 1 amide bonds. The van der Waals surface area contributed by atoms with E-state index in [0.29, 0.717) is 0 Å². The standard InChI is InChI=1S/C13H23NO2S/c1-17-12-7-4-9-14(10-8-12)13(15)16-11-5-2-3-6-11/h11-12H,2-10H2,1H3. The number of hydrogen-bond donors (Lipinski definition) is 0. The average molecular weight is 257 g/mol. The van der Waals surface area contributed by atoms with E-state index in [1.54, 1.807) is 0 Å². The maximum absolute atomic E-state index is 12.0. The molecule has 2 rings (SSSR count). The van der Waals surface area contributed by atoms with Crippen molar-refractivity contribution in [1.82, 2.24) is 4.90 Å². The van der Waals surface area contributed by atoms with Crippen LogP contribution in [0.4, 0.5) is 4.79 Å². The van der Waals surface area contributed by atoms with Gasteiger partial charge in [0.15, 0.2) is 0 Å². The van der Waals surface area contributed by atoms with Crippen LogP contribution in [0.25, 0.3) is 0 Å². The predicted octanol–water partition coefficient (Wildman–Crippen LogP) is 3.28. The number of thioether (sulfide) groups is 1. The zero-order chi connectivity index (χ0) is 12.1. The van der Waals surface area contributed by atoms with Crippen LogP contribution in [-0.2, 0) is 4.74 Å². The summed E-state index contributed by atoms with van der Waals surface area (Å²) < 4.78 is 5.56. The summed E-state index contributed by atoms with van der Waals surface area (Å²) in [6.07, 6.45) is 10.3. The number of rotatable bonds is 2. The second kappa shape index (κ2) is 6.53. The summed E-state index contributed by atoms with van der Waals surface area (Å²) in [6, 6.07) is 0. The van der Waals surface area contributed by atoms with Crippen LogP contribution in [0.3, 0.4) is 0 Å². The molecule has 17 heavy (non-hydrogen) atoms. The first kappa shape index (κ1) is 13.1. The number of ether oxygens (including phenoxy) is 1. The minimum Gasteiger partial charge on any atom is -0.446 e. The largest absolute Gasteiger partial charge is 0.446 e. The molecule has 1 aliphatic carbocycles. The molecule has 1 atom stereocenters. The lowest BCUT2D eigenvalue weighted by atomic mass is 10.2. The second-order valence-electron chi connectivity index (χ2n) is 5.07. The zero-order valence-corrected chi connectivity index (χ0v) is 11.5. The molecule has 1 unspecified atom stereocenters. The Bertz CT molecular complexity index is 254. The Morgan fingerprint density at radius 2 is 1.88 bits per heavy atom. The quantitative estimate of drug-likeness (QED) is 0.760. The molecular weight excluding hydrogens is 234 g/mol. The van der Waals surface area contributed by atoms with Crippen LogP contribution in [0.2, 0.25) is 0 Å². The van der Waals surface area contributed by atoms with E-state index in [9.17, 15) is 4.79 Å². The molecule has 2 aliphatic rings. The van der Waals surface area contributed by atoms with Gasteiger partial charge in [0.2, 0.25) is 0 Å². The van der Waals surface area contributed by atoms with Gasteiger partial charge in [0.25, 0.3) is 0 Å². The molecule has 3 nitrogen and oxygen atoms in total. The molecule has 98 valence electrons. The third kappa shape index (κ3) is 3.80. The molecular formula is C13H23NO2S. The fourth-order valence-electron chi connectivity index (χ4n) is 2.71. The third-order valence-electron chi connectivity index (χ3n) is 3.84. The molecule has 0 spiro atoms. The lowest BCUT2D eigenvalue weighted by molar-refractivity contribution is 0.0663. The van der Waals surface area contributed by atoms with Crippen molar-refractivity contribution in [3.05, 3.63) is 0 Å². The summed E-state index contributed by atoms with van der Waals surface area (Å²) in [5.74, 6) is 0. The molecule has 0 bridgehead atoms. The topological polar surface area (TPSA) is 29.5 Å². The number of nitrogens with zero attached hydrogens (tertiary/aromatic N) is 1. The van der Waals surface area contributed by atoms with Crippen LogP contribution >= 0.6 is 11.8 Å². The fraction of sp³-hybridized carbons (Fsp3) is 0.923. The van der Waals surface area contributed by atoms with Crippen LogP contribution in [0.15, 0.2) is 0 Å². The van der Waals surface area contributed by atoms with Crippen LogP contribution < -0.4 is 0 Å². The van der Waals surface area contributed by atoms with Crippen molar-refractivity contribution in [1.29, 1.82) is 0 Å². The molecule has 0 aromatic heterocycles. The first-order valence-corrected chi connectivity index (χ1v) is 8.06. The lowest BCUT2D eigenvalue weighted by Gasteiger charge is -2.22. The average Bonchev–Trinajstić information content (AvgIpc) is 2.71. The fourth-order valence-corrected chi connectivity index (χ4v) is 3.45. The third-order valence-corrected chi connectivity index (χ3v) is 4.97. The molecule has 2 fully saturated rings. The summed E-state index contributed by atoms with van der Waals surface area (Å²) in [5.41, 5.74) is 0. The number of hydrogen-bond acceptors (Lipinski definition) is 3. The van der Waals surface area contributed by atoms with Crippen molar-refractivity contribution < 1.29 is 9.53 Å². The van der Waals surface area contributed by atoms with Gasteiger partial charge in [-0.05, 0) is 51.2 Å². The summed E-state index contributed by atoms with van der Waals surface area (Å²) in [5, 5.41) is 0.722. The predicted molar refractivity (Wildman–Crippen MR) is 71.5 cm³/mol.